The lowest BCUT2D eigenvalue weighted by Gasteiger charge is -2.04. The van der Waals surface area contributed by atoms with Crippen molar-refractivity contribution in [2.75, 3.05) is 5.43 Å². The molecule has 0 saturated carbocycles. The molecule has 64 valence electrons. The average Bonchev–Trinajstić information content (AvgIpc) is 2.05. The van der Waals surface area contributed by atoms with Gasteiger partial charge in [0.1, 0.15) is 0 Å². The van der Waals surface area contributed by atoms with Crippen molar-refractivity contribution in [3.63, 3.8) is 0 Å². The van der Waals surface area contributed by atoms with Crippen LogP contribution in [0, 0.1) is 18.3 Å². The van der Waals surface area contributed by atoms with E-state index in [2.05, 4.69) is 11.5 Å². The summed E-state index contributed by atoms with van der Waals surface area (Å²) < 4.78 is 0. The number of halogens is 1. The van der Waals surface area contributed by atoms with Crippen LogP contribution in [-0.4, -0.2) is 0 Å². The smallest absolute Gasteiger partial charge is 0.0995 e. The Morgan fingerprint density at radius 2 is 2.17 bits per heavy atom. The van der Waals surface area contributed by atoms with Gasteiger partial charge in [0, 0.05) is 0 Å². The van der Waals surface area contributed by atoms with Crippen LogP contribution in [0.1, 0.15) is 11.1 Å². The normalized spacial score (nSPS) is 8.08. The van der Waals surface area contributed by atoms with E-state index in [4.69, 9.17) is 11.1 Å². The predicted molar refractivity (Wildman–Crippen MR) is 51.0 cm³/mol. The first-order valence-electron chi connectivity index (χ1n) is 3.26. The molecule has 0 aromatic heterocycles. The van der Waals surface area contributed by atoms with Gasteiger partial charge >= 0.3 is 0 Å². The zero-order valence-corrected chi connectivity index (χ0v) is 7.48. The minimum absolute atomic E-state index is 0. The molecule has 1 rings (SSSR count). The second-order valence-corrected chi connectivity index (χ2v) is 2.23. The minimum atomic E-state index is 0. The summed E-state index contributed by atoms with van der Waals surface area (Å²) >= 11 is 0. The molecule has 3 nitrogen and oxygen atoms in total. The van der Waals surface area contributed by atoms with E-state index in [1.807, 2.05) is 13.0 Å². The van der Waals surface area contributed by atoms with Gasteiger partial charge in [-0.2, -0.15) is 5.26 Å². The fraction of sp³-hybridized carbons (Fsp3) is 0.125. The maximum Gasteiger partial charge on any atom is 0.0995 e. The van der Waals surface area contributed by atoms with Crippen molar-refractivity contribution >= 4 is 18.1 Å². The molecule has 1 aromatic rings. The molecule has 12 heavy (non-hydrogen) atoms. The van der Waals surface area contributed by atoms with Gasteiger partial charge in [0.05, 0.1) is 17.3 Å². The summed E-state index contributed by atoms with van der Waals surface area (Å²) in [7, 11) is 0. The Labute approximate surface area is 77.6 Å². The molecule has 0 aliphatic carbocycles. The fourth-order valence-electron chi connectivity index (χ4n) is 0.913. The van der Waals surface area contributed by atoms with E-state index in [0.717, 1.165) is 11.3 Å². The molecule has 3 N–H and O–H groups in total. The van der Waals surface area contributed by atoms with Crippen LogP contribution in [-0.2, 0) is 0 Å². The summed E-state index contributed by atoms with van der Waals surface area (Å²) in [5, 5.41) is 8.62. The molecule has 0 aliphatic heterocycles. The molecular formula is C8H10ClN3. The highest BCUT2D eigenvalue weighted by molar-refractivity contribution is 5.85. The SMILES string of the molecule is Cc1c(C#N)cccc1NN.Cl. The Bertz CT molecular complexity index is 304. The monoisotopic (exact) mass is 183 g/mol. The number of hydrogen-bond donors (Lipinski definition) is 2. The topological polar surface area (TPSA) is 61.8 Å². The molecule has 0 spiro atoms. The van der Waals surface area contributed by atoms with E-state index in [0.29, 0.717) is 5.56 Å². The van der Waals surface area contributed by atoms with E-state index in [9.17, 15) is 0 Å². The third kappa shape index (κ3) is 1.88. The lowest BCUT2D eigenvalue weighted by Crippen LogP contribution is -2.08. The van der Waals surface area contributed by atoms with Gasteiger partial charge in [-0.15, -0.1) is 12.4 Å². The van der Waals surface area contributed by atoms with Crippen LogP contribution >= 0.6 is 12.4 Å². The molecule has 0 fully saturated rings. The van der Waals surface area contributed by atoms with Gasteiger partial charge in [-0.05, 0) is 24.6 Å². The van der Waals surface area contributed by atoms with E-state index in [-0.39, 0.29) is 12.4 Å². The van der Waals surface area contributed by atoms with Crippen molar-refractivity contribution in [1.29, 1.82) is 5.26 Å². The third-order valence-electron chi connectivity index (χ3n) is 1.61. The summed E-state index contributed by atoms with van der Waals surface area (Å²) in [5.74, 6) is 5.21. The molecule has 0 radical (unpaired) electrons. The summed E-state index contributed by atoms with van der Waals surface area (Å²) in [6, 6.07) is 7.46. The lowest BCUT2D eigenvalue weighted by molar-refractivity contribution is 1.29. The fourth-order valence-corrected chi connectivity index (χ4v) is 0.913. The minimum Gasteiger partial charge on any atom is -0.324 e. The second kappa shape index (κ2) is 4.60. The van der Waals surface area contributed by atoms with Crippen LogP contribution in [0.5, 0.6) is 0 Å². The molecule has 0 aliphatic rings. The van der Waals surface area contributed by atoms with Gasteiger partial charge in [0.2, 0.25) is 0 Å². The van der Waals surface area contributed by atoms with Crippen LogP contribution in [0.2, 0.25) is 0 Å². The van der Waals surface area contributed by atoms with Gasteiger partial charge in [-0.3, -0.25) is 5.84 Å². The molecule has 0 amide bonds. The van der Waals surface area contributed by atoms with Crippen molar-refractivity contribution in [2.24, 2.45) is 5.84 Å². The Morgan fingerprint density at radius 3 is 2.67 bits per heavy atom. The molecular weight excluding hydrogens is 174 g/mol. The van der Waals surface area contributed by atoms with Crippen molar-refractivity contribution in [3.05, 3.63) is 29.3 Å². The van der Waals surface area contributed by atoms with Gasteiger partial charge in [-0.25, -0.2) is 0 Å². The second-order valence-electron chi connectivity index (χ2n) is 2.23. The third-order valence-corrected chi connectivity index (χ3v) is 1.61. The maximum absolute atomic E-state index is 8.62. The van der Waals surface area contributed by atoms with Crippen molar-refractivity contribution in [2.45, 2.75) is 6.92 Å². The average molecular weight is 184 g/mol. The zero-order chi connectivity index (χ0) is 8.27. The highest BCUT2D eigenvalue weighted by Crippen LogP contribution is 2.16. The van der Waals surface area contributed by atoms with Crippen LogP contribution in [0.25, 0.3) is 0 Å². The number of hydrazine groups is 1. The Kier molecular flexibility index (Phi) is 4.12. The Hall–Kier alpha value is -1.24. The first-order chi connectivity index (χ1) is 5.29. The van der Waals surface area contributed by atoms with Gasteiger partial charge in [0.25, 0.3) is 0 Å². The van der Waals surface area contributed by atoms with Gasteiger partial charge < -0.3 is 5.43 Å². The van der Waals surface area contributed by atoms with Gasteiger partial charge in [0.15, 0.2) is 0 Å². The first-order valence-corrected chi connectivity index (χ1v) is 3.26. The van der Waals surface area contributed by atoms with Crippen molar-refractivity contribution < 1.29 is 0 Å². The molecule has 4 heteroatoms. The van der Waals surface area contributed by atoms with Crippen molar-refractivity contribution in [3.8, 4) is 6.07 Å². The summed E-state index contributed by atoms with van der Waals surface area (Å²) in [5.41, 5.74) is 4.85. The number of nitrogens with zero attached hydrogens (tertiary/aromatic N) is 1. The summed E-state index contributed by atoms with van der Waals surface area (Å²) in [6.07, 6.45) is 0. The number of nitrogen functional groups attached to an aromatic ring is 1. The van der Waals surface area contributed by atoms with E-state index >= 15 is 0 Å². The molecule has 0 unspecified atom stereocenters. The van der Waals surface area contributed by atoms with Crippen molar-refractivity contribution in [1.82, 2.24) is 0 Å². The molecule has 0 bridgehead atoms. The highest BCUT2D eigenvalue weighted by Gasteiger charge is 1.99. The predicted octanol–water partition coefficient (Wildman–Crippen LogP) is 1.57. The van der Waals surface area contributed by atoms with E-state index in [1.165, 1.54) is 0 Å². The Balaban J connectivity index is 0.00000121. The quantitative estimate of drug-likeness (QED) is 0.513. The number of nitrogens with two attached hydrogens (primary N) is 1. The summed E-state index contributed by atoms with van der Waals surface area (Å²) in [6.45, 7) is 1.85. The largest absolute Gasteiger partial charge is 0.324 e. The summed E-state index contributed by atoms with van der Waals surface area (Å²) in [4.78, 5) is 0. The van der Waals surface area contributed by atoms with Crippen LogP contribution < -0.4 is 11.3 Å². The Morgan fingerprint density at radius 1 is 1.50 bits per heavy atom. The maximum atomic E-state index is 8.62. The molecule has 0 heterocycles. The number of rotatable bonds is 1. The number of nitriles is 1. The molecule has 0 atom stereocenters. The highest BCUT2D eigenvalue weighted by atomic mass is 35.5. The number of nitrogens with one attached hydrogen (secondary N) is 1. The number of anilines is 1. The standard InChI is InChI=1S/C8H9N3.ClH/c1-6-7(5-9)3-2-4-8(6)11-10;/h2-4,11H,10H2,1H3;1H. The van der Waals surface area contributed by atoms with Crippen LogP contribution in [0.15, 0.2) is 18.2 Å². The van der Waals surface area contributed by atoms with E-state index in [1.54, 1.807) is 12.1 Å². The zero-order valence-electron chi connectivity index (χ0n) is 6.66. The molecule has 0 saturated heterocycles. The van der Waals surface area contributed by atoms with Gasteiger partial charge in [-0.1, -0.05) is 6.07 Å². The number of benzene rings is 1. The van der Waals surface area contributed by atoms with Crippen LogP contribution in [0.4, 0.5) is 5.69 Å². The lowest BCUT2D eigenvalue weighted by atomic mass is 10.1. The van der Waals surface area contributed by atoms with E-state index < -0.39 is 0 Å². The number of hydrogen-bond acceptors (Lipinski definition) is 3. The molecule has 1 aromatic carbocycles. The van der Waals surface area contributed by atoms with Crippen LogP contribution in [0.3, 0.4) is 0 Å². The first kappa shape index (κ1) is 10.8.